The molecule has 2 aliphatic rings. The molecule has 0 atom stereocenters. The highest BCUT2D eigenvalue weighted by molar-refractivity contribution is 6.34. The highest BCUT2D eigenvalue weighted by Crippen LogP contribution is 2.37. The lowest BCUT2D eigenvalue weighted by molar-refractivity contribution is -0.121. The summed E-state index contributed by atoms with van der Waals surface area (Å²) in [5, 5.41) is 7.57. The predicted molar refractivity (Wildman–Crippen MR) is 187 cm³/mol. The number of nitrogens with one attached hydrogen (secondary N) is 2. The van der Waals surface area contributed by atoms with Crippen LogP contribution in [0.15, 0.2) is 47.4 Å². The molecule has 1 saturated carbocycles. The topological polar surface area (TPSA) is 95.4 Å². The average Bonchev–Trinajstić information content (AvgIpc) is 3.27. The Morgan fingerprint density at radius 1 is 1.09 bits per heavy atom. The van der Waals surface area contributed by atoms with Crippen molar-refractivity contribution in [3.05, 3.63) is 74.4 Å². The van der Waals surface area contributed by atoms with Crippen molar-refractivity contribution in [2.45, 2.75) is 70.9 Å². The number of pyridine rings is 1. The molecular weight excluding hydrogens is 640 g/mol. The van der Waals surface area contributed by atoms with Crippen LogP contribution in [0, 0.1) is 12.7 Å². The van der Waals surface area contributed by atoms with E-state index in [1.165, 1.54) is 6.07 Å². The SMILES string of the molecule is CCC(=O)N[C@H]1CC[C@@H](n2c(=O)c(-c3cccc(F)c3Cl)c(C)c3cnc(Nc4ccc(N5CCCCN(C)C5)c(Cl)c4)nc32)CC1. The van der Waals surface area contributed by atoms with Crippen molar-refractivity contribution in [2.75, 3.05) is 37.0 Å². The molecule has 2 fully saturated rings. The van der Waals surface area contributed by atoms with Gasteiger partial charge in [0.2, 0.25) is 11.9 Å². The summed E-state index contributed by atoms with van der Waals surface area (Å²) in [5.41, 5.74) is 3.18. The summed E-state index contributed by atoms with van der Waals surface area (Å²) < 4.78 is 16.3. The van der Waals surface area contributed by atoms with E-state index in [9.17, 15) is 14.0 Å². The van der Waals surface area contributed by atoms with Gasteiger partial charge in [-0.1, -0.05) is 42.3 Å². The predicted octanol–water partition coefficient (Wildman–Crippen LogP) is 7.46. The number of halogens is 3. The number of benzene rings is 2. The number of fused-ring (bicyclic) bond motifs is 1. The van der Waals surface area contributed by atoms with Gasteiger partial charge in [-0.15, -0.1) is 0 Å². The summed E-state index contributed by atoms with van der Waals surface area (Å²) in [6, 6.07) is 10.2. The van der Waals surface area contributed by atoms with Crippen molar-refractivity contribution >= 4 is 57.5 Å². The second-order valence-corrected chi connectivity index (χ2v) is 13.4. The Hall–Kier alpha value is -3.73. The van der Waals surface area contributed by atoms with E-state index in [4.69, 9.17) is 28.2 Å². The molecule has 1 saturated heterocycles. The molecule has 2 aromatic carbocycles. The third-order valence-electron chi connectivity index (χ3n) is 9.35. The van der Waals surface area contributed by atoms with E-state index in [1.807, 2.05) is 32.0 Å². The van der Waals surface area contributed by atoms with Crippen LogP contribution in [0.2, 0.25) is 10.0 Å². The first-order valence-electron chi connectivity index (χ1n) is 16.3. The van der Waals surface area contributed by atoms with Gasteiger partial charge >= 0.3 is 0 Å². The molecule has 1 aliphatic carbocycles. The maximum Gasteiger partial charge on any atom is 0.260 e. The van der Waals surface area contributed by atoms with Crippen LogP contribution in [-0.2, 0) is 4.79 Å². The van der Waals surface area contributed by atoms with E-state index < -0.39 is 5.82 Å². The number of carbonyl (C=O) groups excluding carboxylic acids is 1. The highest BCUT2D eigenvalue weighted by atomic mass is 35.5. The summed E-state index contributed by atoms with van der Waals surface area (Å²) in [5.74, 6) is -0.251. The molecular formula is C35H40Cl2FN7O2. The van der Waals surface area contributed by atoms with Crippen molar-refractivity contribution in [1.29, 1.82) is 0 Å². The number of amides is 1. The zero-order valence-electron chi connectivity index (χ0n) is 27.0. The van der Waals surface area contributed by atoms with Gasteiger partial charge in [-0.3, -0.25) is 19.1 Å². The zero-order chi connectivity index (χ0) is 33.2. The molecule has 2 N–H and O–H groups in total. The van der Waals surface area contributed by atoms with Gasteiger partial charge in [0, 0.05) is 47.9 Å². The molecule has 2 aromatic heterocycles. The first-order chi connectivity index (χ1) is 22.6. The third kappa shape index (κ3) is 6.96. The monoisotopic (exact) mass is 679 g/mol. The molecule has 0 radical (unpaired) electrons. The van der Waals surface area contributed by atoms with Gasteiger partial charge < -0.3 is 15.5 Å². The molecule has 47 heavy (non-hydrogen) atoms. The number of hydrogen-bond donors (Lipinski definition) is 2. The zero-order valence-corrected chi connectivity index (χ0v) is 28.5. The summed E-state index contributed by atoms with van der Waals surface area (Å²) in [6.07, 6.45) is 7.16. The van der Waals surface area contributed by atoms with E-state index in [1.54, 1.807) is 22.9 Å². The van der Waals surface area contributed by atoms with E-state index in [2.05, 4.69) is 32.5 Å². The number of carbonyl (C=O) groups is 1. The molecule has 3 heterocycles. The summed E-state index contributed by atoms with van der Waals surface area (Å²) in [4.78, 5) is 40.6. The summed E-state index contributed by atoms with van der Waals surface area (Å²) >= 11 is 13.2. The van der Waals surface area contributed by atoms with Crippen molar-refractivity contribution in [2.24, 2.45) is 0 Å². The number of aromatic nitrogens is 3. The van der Waals surface area contributed by atoms with E-state index in [0.717, 1.165) is 56.8 Å². The lowest BCUT2D eigenvalue weighted by atomic mass is 9.90. The first kappa shape index (κ1) is 33.2. The maximum absolute atomic E-state index is 14.6. The van der Waals surface area contributed by atoms with Crippen molar-refractivity contribution in [3.8, 4) is 11.1 Å². The number of aryl methyl sites for hydroxylation is 1. The third-order valence-corrected chi connectivity index (χ3v) is 10.0. The number of nitrogens with zero attached hydrogens (tertiary/aromatic N) is 5. The van der Waals surface area contributed by atoms with Crippen LogP contribution < -0.4 is 21.1 Å². The molecule has 12 heteroatoms. The molecule has 9 nitrogen and oxygen atoms in total. The van der Waals surface area contributed by atoms with Crippen LogP contribution in [0.4, 0.5) is 21.7 Å². The first-order valence-corrected chi connectivity index (χ1v) is 17.1. The van der Waals surface area contributed by atoms with Gasteiger partial charge in [0.1, 0.15) is 11.5 Å². The number of rotatable bonds is 7. The minimum absolute atomic E-state index is 0.0183. The van der Waals surface area contributed by atoms with Gasteiger partial charge in [-0.25, -0.2) is 9.37 Å². The van der Waals surface area contributed by atoms with Gasteiger partial charge in [-0.2, -0.15) is 4.98 Å². The number of hydrogen-bond acceptors (Lipinski definition) is 7. The fraction of sp³-hybridized carbons (Fsp3) is 0.429. The Balaban J connectivity index is 1.38. The van der Waals surface area contributed by atoms with Crippen LogP contribution in [0.1, 0.15) is 63.5 Å². The van der Waals surface area contributed by atoms with Crippen LogP contribution in [0.25, 0.3) is 22.2 Å². The molecule has 0 spiro atoms. The maximum atomic E-state index is 14.6. The Labute approximate surface area is 284 Å². The Morgan fingerprint density at radius 3 is 2.60 bits per heavy atom. The van der Waals surface area contributed by atoms with E-state index in [0.29, 0.717) is 58.0 Å². The fourth-order valence-electron chi connectivity index (χ4n) is 6.84. The lowest BCUT2D eigenvalue weighted by Gasteiger charge is -2.31. The largest absolute Gasteiger partial charge is 0.357 e. The van der Waals surface area contributed by atoms with Gasteiger partial charge in [0.15, 0.2) is 0 Å². The van der Waals surface area contributed by atoms with E-state index in [-0.39, 0.29) is 28.6 Å². The van der Waals surface area contributed by atoms with Crippen LogP contribution in [0.5, 0.6) is 0 Å². The van der Waals surface area contributed by atoms with Crippen molar-refractivity contribution in [3.63, 3.8) is 0 Å². The lowest BCUT2D eigenvalue weighted by Crippen LogP contribution is -2.39. The molecule has 0 bridgehead atoms. The minimum Gasteiger partial charge on any atom is -0.357 e. The molecule has 1 amide bonds. The van der Waals surface area contributed by atoms with Crippen molar-refractivity contribution < 1.29 is 9.18 Å². The van der Waals surface area contributed by atoms with E-state index >= 15 is 0 Å². The highest BCUT2D eigenvalue weighted by Gasteiger charge is 2.29. The van der Waals surface area contributed by atoms with Gasteiger partial charge in [0.05, 0.1) is 28.0 Å². The Kier molecular flexibility index (Phi) is 10.0. The van der Waals surface area contributed by atoms with Crippen LogP contribution >= 0.6 is 23.2 Å². The Morgan fingerprint density at radius 2 is 1.85 bits per heavy atom. The second kappa shape index (κ2) is 14.2. The summed E-state index contributed by atoms with van der Waals surface area (Å²) in [7, 11) is 2.12. The van der Waals surface area contributed by atoms with Crippen molar-refractivity contribution in [1.82, 2.24) is 24.8 Å². The normalized spacial score (nSPS) is 19.1. The van der Waals surface area contributed by atoms with Gasteiger partial charge in [-0.05, 0) is 88.9 Å². The quantitative estimate of drug-likeness (QED) is 0.209. The molecule has 4 aromatic rings. The van der Waals surface area contributed by atoms with Gasteiger partial charge in [0.25, 0.3) is 5.56 Å². The van der Waals surface area contributed by atoms with Crippen LogP contribution in [-0.4, -0.2) is 58.2 Å². The molecule has 6 rings (SSSR count). The summed E-state index contributed by atoms with van der Waals surface area (Å²) in [6.45, 7) is 6.46. The standard InChI is InChI=1S/C35H40Cl2FN7O2/c1-4-30(46)40-22-10-13-24(14-11-22)45-33-26(21(2)31(34(45)47)25-8-7-9-28(38)32(25)37)19-39-35(42-33)41-23-12-15-29(27(36)18-23)44-17-6-5-16-43(3)20-44/h7-9,12,15,18-19,22,24H,4-6,10-11,13-14,16-17,20H2,1-3H3,(H,40,46)(H,39,41,42)/t22-,24+. The minimum atomic E-state index is -0.592. The average molecular weight is 681 g/mol. The van der Waals surface area contributed by atoms with Crippen LogP contribution in [0.3, 0.4) is 0 Å². The fourth-order valence-corrected chi connectivity index (χ4v) is 7.36. The molecule has 0 unspecified atom stereocenters. The smallest absolute Gasteiger partial charge is 0.260 e. The molecule has 248 valence electrons. The second-order valence-electron chi connectivity index (χ2n) is 12.6. The number of anilines is 3. The molecule has 1 aliphatic heterocycles. The Bertz CT molecular complexity index is 1860.